The summed E-state index contributed by atoms with van der Waals surface area (Å²) in [6.45, 7) is 10.1. The van der Waals surface area contributed by atoms with E-state index in [9.17, 15) is 19.2 Å². The van der Waals surface area contributed by atoms with E-state index >= 15 is 0 Å². The normalized spacial score (nSPS) is 18.6. The predicted molar refractivity (Wildman–Crippen MR) is 165 cm³/mol. The first-order valence-electron chi connectivity index (χ1n) is 14.7. The molecule has 0 bridgehead atoms. The molecule has 45 heavy (non-hydrogen) atoms. The van der Waals surface area contributed by atoms with Gasteiger partial charge in [-0.05, 0) is 53.7 Å². The molecule has 2 unspecified atom stereocenters. The van der Waals surface area contributed by atoms with Gasteiger partial charge in [0.25, 0.3) is 0 Å². The molecule has 2 aromatic rings. The standard InChI is InChI=1S/C33H40N4O8/c1-18(2)44-30(38)26-20(5)36(7)32(40)34-28(26)22-13-9-11-15-24(22)42-17-43-25-16-12-10-14-23(25)29-27(31(39)45-19(3)4)21(6)37(8)33(41)35-29/h9-16,18-19,28-29H,17H2,1-8H3,(H,34,40)(H,35,41). The molecule has 4 rings (SSSR count). The number of hydrogen-bond acceptors (Lipinski definition) is 8. The third kappa shape index (κ3) is 7.05. The number of carbonyl (C=O) groups is 4. The molecule has 12 heteroatoms. The highest BCUT2D eigenvalue weighted by atomic mass is 16.7. The fourth-order valence-electron chi connectivity index (χ4n) is 5.08. The number of hydrogen-bond donors (Lipinski definition) is 2. The lowest BCUT2D eigenvalue weighted by Crippen LogP contribution is -2.46. The maximum Gasteiger partial charge on any atom is 0.338 e. The number of nitrogens with zero attached hydrogens (tertiary/aromatic N) is 2. The second-order valence-corrected chi connectivity index (χ2v) is 11.3. The van der Waals surface area contributed by atoms with E-state index in [0.29, 0.717) is 34.0 Å². The number of amides is 4. The van der Waals surface area contributed by atoms with Crippen LogP contribution in [0.2, 0.25) is 0 Å². The summed E-state index contributed by atoms with van der Waals surface area (Å²) in [5.74, 6) is -0.349. The number of ether oxygens (including phenoxy) is 4. The lowest BCUT2D eigenvalue weighted by Gasteiger charge is -2.34. The minimum atomic E-state index is -0.833. The van der Waals surface area contributed by atoms with Crippen LogP contribution in [0.5, 0.6) is 11.5 Å². The zero-order valence-corrected chi connectivity index (χ0v) is 26.8. The minimum Gasteiger partial charge on any atom is -0.459 e. The Kier molecular flexibility index (Phi) is 10.1. The van der Waals surface area contributed by atoms with E-state index in [4.69, 9.17) is 18.9 Å². The van der Waals surface area contributed by atoms with Crippen molar-refractivity contribution in [2.45, 2.75) is 65.8 Å². The summed E-state index contributed by atoms with van der Waals surface area (Å²) in [6.07, 6.45) is -0.718. The number of nitrogens with one attached hydrogen (secondary N) is 2. The van der Waals surface area contributed by atoms with Crippen LogP contribution in [0, 0.1) is 0 Å². The van der Waals surface area contributed by atoms with Crippen molar-refractivity contribution >= 4 is 24.0 Å². The van der Waals surface area contributed by atoms with E-state index in [1.807, 2.05) is 0 Å². The van der Waals surface area contributed by atoms with Crippen molar-refractivity contribution in [3.05, 3.63) is 82.2 Å². The molecule has 240 valence electrons. The van der Waals surface area contributed by atoms with Crippen molar-refractivity contribution in [3.8, 4) is 11.5 Å². The average Bonchev–Trinajstić information content (AvgIpc) is 2.98. The minimum absolute atomic E-state index is 0.266. The molecule has 0 saturated carbocycles. The number of carbonyl (C=O) groups excluding carboxylic acids is 4. The van der Waals surface area contributed by atoms with Crippen LogP contribution in [-0.4, -0.2) is 66.9 Å². The molecule has 0 aliphatic carbocycles. The van der Waals surface area contributed by atoms with Gasteiger partial charge in [0, 0.05) is 36.6 Å². The average molecular weight is 621 g/mol. The van der Waals surface area contributed by atoms with E-state index < -0.39 is 24.0 Å². The summed E-state index contributed by atoms with van der Waals surface area (Å²) < 4.78 is 23.1. The van der Waals surface area contributed by atoms with Crippen LogP contribution in [-0.2, 0) is 19.1 Å². The maximum absolute atomic E-state index is 13.2. The largest absolute Gasteiger partial charge is 0.459 e. The topological polar surface area (TPSA) is 136 Å². The molecule has 0 radical (unpaired) electrons. The summed E-state index contributed by atoms with van der Waals surface area (Å²) in [6, 6.07) is 11.6. The van der Waals surface area contributed by atoms with Crippen LogP contribution in [0.3, 0.4) is 0 Å². The Hall–Kier alpha value is -5.00. The van der Waals surface area contributed by atoms with Crippen molar-refractivity contribution < 1.29 is 38.1 Å². The number of rotatable bonds is 10. The molecule has 0 spiro atoms. The first-order chi connectivity index (χ1) is 21.3. The van der Waals surface area contributed by atoms with E-state index in [0.717, 1.165) is 0 Å². The number of benzene rings is 2. The monoisotopic (exact) mass is 620 g/mol. The number of para-hydroxylation sites is 2. The maximum atomic E-state index is 13.2. The lowest BCUT2D eigenvalue weighted by atomic mass is 9.94. The quantitative estimate of drug-likeness (QED) is 0.282. The second-order valence-electron chi connectivity index (χ2n) is 11.3. The van der Waals surface area contributed by atoms with Crippen LogP contribution >= 0.6 is 0 Å². The molecule has 2 atom stereocenters. The molecule has 0 fully saturated rings. The molecular formula is C33H40N4O8. The van der Waals surface area contributed by atoms with Crippen molar-refractivity contribution in [1.82, 2.24) is 20.4 Å². The highest BCUT2D eigenvalue weighted by Crippen LogP contribution is 2.37. The highest BCUT2D eigenvalue weighted by Gasteiger charge is 2.38. The third-order valence-electron chi connectivity index (χ3n) is 7.52. The Labute approximate surface area is 262 Å². The Morgan fingerprint density at radius 2 is 1.04 bits per heavy atom. The molecule has 2 N–H and O–H groups in total. The fraction of sp³-hybridized carbons (Fsp3) is 0.394. The summed E-state index contributed by atoms with van der Waals surface area (Å²) >= 11 is 0. The predicted octanol–water partition coefficient (Wildman–Crippen LogP) is 4.95. The zero-order valence-electron chi connectivity index (χ0n) is 26.8. The van der Waals surface area contributed by atoms with Gasteiger partial charge in [-0.15, -0.1) is 0 Å². The van der Waals surface area contributed by atoms with Crippen molar-refractivity contribution in [3.63, 3.8) is 0 Å². The molecule has 2 aliphatic rings. The van der Waals surface area contributed by atoms with Crippen LogP contribution < -0.4 is 20.1 Å². The summed E-state index contributed by atoms with van der Waals surface area (Å²) in [4.78, 5) is 54.6. The first kappa shape index (κ1) is 32.9. The molecule has 4 amide bonds. The Balaban J connectivity index is 1.62. The van der Waals surface area contributed by atoms with Gasteiger partial charge in [-0.1, -0.05) is 36.4 Å². The molecule has 2 heterocycles. The van der Waals surface area contributed by atoms with Crippen molar-refractivity contribution in [2.24, 2.45) is 0 Å². The van der Waals surface area contributed by atoms with Crippen LogP contribution in [0.1, 0.15) is 64.8 Å². The third-order valence-corrected chi connectivity index (χ3v) is 7.52. The zero-order chi connectivity index (χ0) is 33.0. The van der Waals surface area contributed by atoms with E-state index in [1.54, 1.807) is 104 Å². The van der Waals surface area contributed by atoms with Gasteiger partial charge in [-0.3, -0.25) is 0 Å². The SMILES string of the molecule is CC1=C(C(=O)OC(C)C)C(c2ccccc2OCOc2ccccc2C2NC(=O)N(C)C(C)=C2C(=O)OC(C)C)NC(=O)N1C. The summed E-state index contributed by atoms with van der Waals surface area (Å²) in [7, 11) is 3.16. The Bertz CT molecular complexity index is 1430. The molecular weight excluding hydrogens is 580 g/mol. The molecule has 2 aromatic carbocycles. The van der Waals surface area contributed by atoms with Crippen molar-refractivity contribution in [1.29, 1.82) is 0 Å². The second kappa shape index (κ2) is 13.7. The van der Waals surface area contributed by atoms with E-state index in [1.165, 1.54) is 9.80 Å². The molecule has 2 aliphatic heterocycles. The van der Waals surface area contributed by atoms with E-state index in [2.05, 4.69) is 10.6 Å². The van der Waals surface area contributed by atoms with Gasteiger partial charge in [0.1, 0.15) is 11.5 Å². The van der Waals surface area contributed by atoms with Crippen LogP contribution in [0.15, 0.2) is 71.1 Å². The lowest BCUT2D eigenvalue weighted by molar-refractivity contribution is -0.144. The van der Waals surface area contributed by atoms with Gasteiger partial charge < -0.3 is 39.4 Å². The summed E-state index contributed by atoms with van der Waals surface area (Å²) in [5.41, 5.74) is 2.56. The Morgan fingerprint density at radius 3 is 1.40 bits per heavy atom. The first-order valence-corrected chi connectivity index (χ1v) is 14.7. The smallest absolute Gasteiger partial charge is 0.338 e. The molecule has 12 nitrogen and oxygen atoms in total. The molecule has 0 aromatic heterocycles. The van der Waals surface area contributed by atoms with Gasteiger partial charge in [-0.2, -0.15) is 0 Å². The van der Waals surface area contributed by atoms with E-state index in [-0.39, 0.29) is 42.2 Å². The van der Waals surface area contributed by atoms with Gasteiger partial charge >= 0.3 is 24.0 Å². The number of urea groups is 2. The number of esters is 2. The number of allylic oxidation sites excluding steroid dienone is 2. The van der Waals surface area contributed by atoms with Gasteiger partial charge in [0.05, 0.1) is 35.4 Å². The van der Waals surface area contributed by atoms with Crippen LogP contribution in [0.4, 0.5) is 9.59 Å². The summed E-state index contributed by atoms with van der Waals surface area (Å²) in [5, 5.41) is 5.75. The van der Waals surface area contributed by atoms with Crippen LogP contribution in [0.25, 0.3) is 0 Å². The Morgan fingerprint density at radius 1 is 0.689 bits per heavy atom. The van der Waals surface area contributed by atoms with Gasteiger partial charge in [0.2, 0.25) is 6.79 Å². The van der Waals surface area contributed by atoms with Gasteiger partial charge in [-0.25, -0.2) is 19.2 Å². The molecule has 0 saturated heterocycles. The van der Waals surface area contributed by atoms with Crippen molar-refractivity contribution in [2.75, 3.05) is 20.9 Å². The fourth-order valence-corrected chi connectivity index (χ4v) is 5.08. The van der Waals surface area contributed by atoms with Gasteiger partial charge in [0.15, 0.2) is 0 Å². The highest BCUT2D eigenvalue weighted by molar-refractivity contribution is 5.96.